The molecule has 0 saturated heterocycles. The Kier molecular flexibility index (Phi) is 3.46. The van der Waals surface area contributed by atoms with Crippen LogP contribution >= 0.6 is 0 Å². The number of hydrogen-bond acceptors (Lipinski definition) is 2. The number of benzene rings is 1. The van der Waals surface area contributed by atoms with E-state index in [1.54, 1.807) is 6.08 Å². The van der Waals surface area contributed by atoms with E-state index in [1.807, 2.05) is 36.4 Å². The van der Waals surface area contributed by atoms with Gasteiger partial charge in [0.05, 0.1) is 6.07 Å². The van der Waals surface area contributed by atoms with Crippen LogP contribution in [0.1, 0.15) is 0 Å². The second kappa shape index (κ2) is 4.97. The zero-order chi connectivity index (χ0) is 8.65. The highest BCUT2D eigenvalue weighted by molar-refractivity contribution is 5.21. The summed E-state index contributed by atoms with van der Waals surface area (Å²) in [6.45, 7) is 0.442. The molecule has 0 spiro atoms. The van der Waals surface area contributed by atoms with Gasteiger partial charge in [0.2, 0.25) is 0 Å². The molecule has 0 saturated carbocycles. The Balaban J connectivity index is 2.35. The lowest BCUT2D eigenvalue weighted by Crippen LogP contribution is -1.91. The van der Waals surface area contributed by atoms with Crippen molar-refractivity contribution in [3.05, 3.63) is 42.5 Å². The molecule has 0 amide bonds. The van der Waals surface area contributed by atoms with Crippen LogP contribution in [-0.2, 0) is 0 Å². The Labute approximate surface area is 71.7 Å². The maximum atomic E-state index is 8.17. The Morgan fingerprint density at radius 3 is 2.75 bits per heavy atom. The Morgan fingerprint density at radius 1 is 1.33 bits per heavy atom. The molecule has 0 aliphatic rings. The lowest BCUT2D eigenvalue weighted by molar-refractivity contribution is 0.363. The van der Waals surface area contributed by atoms with Gasteiger partial charge in [0, 0.05) is 6.08 Å². The van der Waals surface area contributed by atoms with Gasteiger partial charge in [-0.2, -0.15) is 5.26 Å². The molecule has 0 aromatic heterocycles. The highest BCUT2D eigenvalue weighted by Crippen LogP contribution is 2.07. The number of para-hydroxylation sites is 1. The molecule has 0 fully saturated rings. The monoisotopic (exact) mass is 159 g/mol. The SMILES string of the molecule is N#C/C=C\COc1ccccc1. The van der Waals surface area contributed by atoms with Crippen molar-refractivity contribution in [3.63, 3.8) is 0 Å². The van der Waals surface area contributed by atoms with E-state index in [4.69, 9.17) is 10.00 Å². The van der Waals surface area contributed by atoms with E-state index in [0.717, 1.165) is 5.75 Å². The number of ether oxygens (including phenoxy) is 1. The number of hydrogen-bond donors (Lipinski definition) is 0. The van der Waals surface area contributed by atoms with Crippen molar-refractivity contribution < 1.29 is 4.74 Å². The van der Waals surface area contributed by atoms with E-state index < -0.39 is 0 Å². The normalized spacial score (nSPS) is 9.58. The molecule has 0 N–H and O–H groups in total. The fourth-order valence-corrected chi connectivity index (χ4v) is 0.762. The zero-order valence-corrected chi connectivity index (χ0v) is 6.60. The molecule has 1 rings (SSSR count). The first kappa shape index (κ1) is 8.35. The third kappa shape index (κ3) is 2.89. The fourth-order valence-electron chi connectivity index (χ4n) is 0.762. The van der Waals surface area contributed by atoms with Gasteiger partial charge in [-0.15, -0.1) is 0 Å². The summed E-state index contributed by atoms with van der Waals surface area (Å²) in [4.78, 5) is 0. The van der Waals surface area contributed by atoms with Crippen molar-refractivity contribution in [2.75, 3.05) is 6.61 Å². The molecule has 1 aromatic carbocycles. The van der Waals surface area contributed by atoms with Crippen molar-refractivity contribution in [1.82, 2.24) is 0 Å². The number of allylic oxidation sites excluding steroid dienone is 1. The first-order valence-electron chi connectivity index (χ1n) is 3.66. The minimum atomic E-state index is 0.442. The van der Waals surface area contributed by atoms with Gasteiger partial charge in [-0.05, 0) is 18.2 Å². The van der Waals surface area contributed by atoms with Crippen LogP contribution in [0.4, 0.5) is 0 Å². The molecule has 2 heteroatoms. The van der Waals surface area contributed by atoms with Crippen LogP contribution in [0.25, 0.3) is 0 Å². The minimum Gasteiger partial charge on any atom is -0.490 e. The van der Waals surface area contributed by atoms with Gasteiger partial charge in [-0.1, -0.05) is 18.2 Å². The smallest absolute Gasteiger partial charge is 0.119 e. The van der Waals surface area contributed by atoms with Gasteiger partial charge < -0.3 is 4.74 Å². The third-order valence-corrected chi connectivity index (χ3v) is 1.28. The Bertz CT molecular complexity index is 284. The van der Waals surface area contributed by atoms with Crippen LogP contribution in [0.15, 0.2) is 42.5 Å². The molecule has 12 heavy (non-hydrogen) atoms. The second-order valence-corrected chi connectivity index (χ2v) is 2.16. The van der Waals surface area contributed by atoms with Crippen molar-refractivity contribution in [2.45, 2.75) is 0 Å². The predicted molar refractivity (Wildman–Crippen MR) is 46.7 cm³/mol. The quantitative estimate of drug-likeness (QED) is 0.633. The summed E-state index contributed by atoms with van der Waals surface area (Å²) in [5.41, 5.74) is 0. The molecule has 1 aromatic rings. The van der Waals surface area contributed by atoms with Gasteiger partial charge in [0.25, 0.3) is 0 Å². The average molecular weight is 159 g/mol. The lowest BCUT2D eigenvalue weighted by Gasteiger charge is -2.00. The van der Waals surface area contributed by atoms with Crippen LogP contribution in [0.3, 0.4) is 0 Å². The summed E-state index contributed by atoms with van der Waals surface area (Å²) >= 11 is 0. The lowest BCUT2D eigenvalue weighted by atomic mass is 10.3. The van der Waals surface area contributed by atoms with E-state index in [2.05, 4.69) is 0 Å². The molecule has 0 aliphatic heterocycles. The Hall–Kier alpha value is -1.75. The third-order valence-electron chi connectivity index (χ3n) is 1.28. The topological polar surface area (TPSA) is 33.0 Å². The molecule has 0 bridgehead atoms. The van der Waals surface area contributed by atoms with Gasteiger partial charge in [0.1, 0.15) is 12.4 Å². The van der Waals surface area contributed by atoms with Crippen molar-refractivity contribution >= 4 is 0 Å². The van der Waals surface area contributed by atoms with Gasteiger partial charge in [-0.3, -0.25) is 0 Å². The molecule has 0 atom stereocenters. The molecule has 0 aliphatic carbocycles. The first-order valence-corrected chi connectivity index (χ1v) is 3.66. The van der Waals surface area contributed by atoms with Crippen LogP contribution in [0.5, 0.6) is 5.75 Å². The van der Waals surface area contributed by atoms with Crippen LogP contribution < -0.4 is 4.74 Å². The largest absolute Gasteiger partial charge is 0.490 e. The number of nitriles is 1. The summed E-state index contributed by atoms with van der Waals surface area (Å²) < 4.78 is 5.27. The van der Waals surface area contributed by atoms with Gasteiger partial charge in [0.15, 0.2) is 0 Å². The van der Waals surface area contributed by atoms with Crippen LogP contribution in [0, 0.1) is 11.3 Å². The molecule has 0 unspecified atom stereocenters. The molecule has 60 valence electrons. The summed E-state index contributed by atoms with van der Waals surface area (Å²) in [7, 11) is 0. The van der Waals surface area contributed by atoms with Gasteiger partial charge in [-0.25, -0.2) is 0 Å². The van der Waals surface area contributed by atoms with E-state index in [1.165, 1.54) is 6.08 Å². The summed E-state index contributed by atoms with van der Waals surface area (Å²) in [6.07, 6.45) is 3.08. The summed E-state index contributed by atoms with van der Waals surface area (Å²) in [6, 6.07) is 11.4. The van der Waals surface area contributed by atoms with E-state index in [0.29, 0.717) is 6.61 Å². The highest BCUT2D eigenvalue weighted by Gasteiger charge is 1.85. The summed E-state index contributed by atoms with van der Waals surface area (Å²) in [5, 5.41) is 8.17. The van der Waals surface area contributed by atoms with E-state index >= 15 is 0 Å². The predicted octanol–water partition coefficient (Wildman–Crippen LogP) is 2.15. The first-order chi connectivity index (χ1) is 5.93. The molecule has 0 heterocycles. The van der Waals surface area contributed by atoms with Gasteiger partial charge >= 0.3 is 0 Å². The van der Waals surface area contributed by atoms with E-state index in [9.17, 15) is 0 Å². The number of rotatable bonds is 3. The Morgan fingerprint density at radius 2 is 2.08 bits per heavy atom. The highest BCUT2D eigenvalue weighted by atomic mass is 16.5. The summed E-state index contributed by atoms with van der Waals surface area (Å²) in [5.74, 6) is 0.820. The van der Waals surface area contributed by atoms with Crippen LogP contribution in [0.2, 0.25) is 0 Å². The average Bonchev–Trinajstić information content (AvgIpc) is 2.14. The second-order valence-electron chi connectivity index (χ2n) is 2.16. The van der Waals surface area contributed by atoms with Crippen LogP contribution in [-0.4, -0.2) is 6.61 Å². The van der Waals surface area contributed by atoms with Crippen molar-refractivity contribution in [1.29, 1.82) is 5.26 Å². The number of nitrogens with zero attached hydrogens (tertiary/aromatic N) is 1. The standard InChI is InChI=1S/C10H9NO/c11-8-4-5-9-12-10-6-2-1-3-7-10/h1-7H,9H2/b5-4-. The molecule has 2 nitrogen and oxygen atoms in total. The fraction of sp³-hybridized carbons (Fsp3) is 0.100. The van der Waals surface area contributed by atoms with E-state index in [-0.39, 0.29) is 0 Å². The van der Waals surface area contributed by atoms with Crippen molar-refractivity contribution in [2.24, 2.45) is 0 Å². The molecule has 0 radical (unpaired) electrons. The van der Waals surface area contributed by atoms with Crippen molar-refractivity contribution in [3.8, 4) is 11.8 Å². The zero-order valence-electron chi connectivity index (χ0n) is 6.60. The maximum Gasteiger partial charge on any atom is 0.119 e. The minimum absolute atomic E-state index is 0.442. The molecular formula is C10H9NO. The maximum absolute atomic E-state index is 8.17. The molecular weight excluding hydrogens is 150 g/mol.